The maximum absolute atomic E-state index is 12.5. The number of hydrogen-bond donors (Lipinski definition) is 0. The lowest BCUT2D eigenvalue weighted by atomic mass is 9.32. The first-order valence-corrected chi connectivity index (χ1v) is 21.5. The SMILES string of the molecule is COC(=O)c1ccc(C23CC4(c5ccc(C#C[Si](C)(C)C)cc5)CC(c5ccc(C(=O)OC)cc5)(C2)CC(c2ccc(C(=O)OC)cc2)(C4)C3)cc1. The zero-order valence-corrected chi connectivity index (χ0v) is 31.9. The number of benzene rings is 4. The zero-order chi connectivity index (χ0) is 36.9. The quantitative estimate of drug-likeness (QED) is 0.0827. The van der Waals surface area contributed by atoms with Crippen molar-refractivity contribution in [2.24, 2.45) is 0 Å². The summed E-state index contributed by atoms with van der Waals surface area (Å²) >= 11 is 0. The van der Waals surface area contributed by atoms with E-state index in [-0.39, 0.29) is 39.6 Å². The Morgan fingerprint density at radius 3 is 0.942 bits per heavy atom. The molecule has 0 aliphatic heterocycles. The number of carbonyl (C=O) groups is 3. The lowest BCUT2D eigenvalue weighted by Gasteiger charge is -2.71. The van der Waals surface area contributed by atoms with Crippen LogP contribution in [0.1, 0.15) is 97.4 Å². The van der Waals surface area contributed by atoms with E-state index >= 15 is 0 Å². The summed E-state index contributed by atoms with van der Waals surface area (Å²) in [6, 6.07) is 33.1. The summed E-state index contributed by atoms with van der Waals surface area (Å²) in [7, 11) is 2.68. The molecule has 0 aromatic heterocycles. The Morgan fingerprint density at radius 1 is 0.462 bits per heavy atom. The van der Waals surface area contributed by atoms with E-state index in [0.717, 1.165) is 44.1 Å². The molecule has 4 saturated carbocycles. The van der Waals surface area contributed by atoms with Gasteiger partial charge in [-0.3, -0.25) is 0 Å². The molecule has 6 nitrogen and oxygen atoms in total. The topological polar surface area (TPSA) is 78.9 Å². The molecule has 0 atom stereocenters. The minimum Gasteiger partial charge on any atom is -0.465 e. The first-order valence-electron chi connectivity index (χ1n) is 18.0. The van der Waals surface area contributed by atoms with E-state index in [1.165, 1.54) is 43.6 Å². The van der Waals surface area contributed by atoms with Gasteiger partial charge in [-0.15, -0.1) is 5.54 Å². The largest absolute Gasteiger partial charge is 0.465 e. The molecular weight excluding hydrogens is 665 g/mol. The maximum atomic E-state index is 12.5. The first-order chi connectivity index (χ1) is 24.8. The monoisotopic (exact) mass is 710 g/mol. The molecule has 266 valence electrons. The molecule has 0 heterocycles. The molecule has 52 heavy (non-hydrogen) atoms. The summed E-state index contributed by atoms with van der Waals surface area (Å²) in [6.45, 7) is 6.78. The second kappa shape index (κ2) is 12.9. The average Bonchev–Trinajstić information content (AvgIpc) is 3.15. The van der Waals surface area contributed by atoms with Crippen LogP contribution in [0.25, 0.3) is 0 Å². The van der Waals surface area contributed by atoms with Gasteiger partial charge in [0.05, 0.1) is 38.0 Å². The van der Waals surface area contributed by atoms with Crippen molar-refractivity contribution in [2.45, 2.75) is 79.8 Å². The molecule has 0 spiro atoms. The Balaban J connectivity index is 1.44. The van der Waals surface area contributed by atoms with Crippen molar-refractivity contribution in [1.82, 2.24) is 0 Å². The van der Waals surface area contributed by atoms with Crippen LogP contribution in [-0.2, 0) is 35.9 Å². The smallest absolute Gasteiger partial charge is 0.337 e. The second-order valence-electron chi connectivity index (χ2n) is 16.5. The van der Waals surface area contributed by atoms with E-state index in [2.05, 4.69) is 91.8 Å². The molecule has 0 amide bonds. The molecule has 4 bridgehead atoms. The van der Waals surface area contributed by atoms with Gasteiger partial charge in [0.2, 0.25) is 0 Å². The van der Waals surface area contributed by atoms with Crippen molar-refractivity contribution in [2.75, 3.05) is 21.3 Å². The summed E-state index contributed by atoms with van der Waals surface area (Å²) in [5, 5.41) is 0. The van der Waals surface area contributed by atoms with Crippen LogP contribution in [0.3, 0.4) is 0 Å². The maximum Gasteiger partial charge on any atom is 0.337 e. The van der Waals surface area contributed by atoms with Gasteiger partial charge >= 0.3 is 17.9 Å². The van der Waals surface area contributed by atoms with Crippen molar-refractivity contribution in [1.29, 1.82) is 0 Å². The van der Waals surface area contributed by atoms with Gasteiger partial charge in [0.1, 0.15) is 8.07 Å². The van der Waals surface area contributed by atoms with Crippen LogP contribution in [0, 0.1) is 11.5 Å². The van der Waals surface area contributed by atoms with Gasteiger partial charge in [-0.05, 0) is 131 Å². The van der Waals surface area contributed by atoms with Gasteiger partial charge in [0, 0.05) is 5.56 Å². The molecule has 0 N–H and O–H groups in total. The molecule has 0 unspecified atom stereocenters. The molecule has 4 aliphatic carbocycles. The molecule has 0 saturated heterocycles. The van der Waals surface area contributed by atoms with Crippen molar-refractivity contribution in [3.8, 4) is 11.5 Å². The van der Waals surface area contributed by atoms with Crippen LogP contribution >= 0.6 is 0 Å². The normalized spacial score (nSPS) is 25.8. The number of ether oxygens (including phenoxy) is 3. The number of carbonyl (C=O) groups excluding carboxylic acids is 3. The van der Waals surface area contributed by atoms with Crippen LogP contribution in [0.4, 0.5) is 0 Å². The van der Waals surface area contributed by atoms with Crippen LogP contribution in [-0.4, -0.2) is 47.3 Å². The zero-order valence-electron chi connectivity index (χ0n) is 30.9. The van der Waals surface area contributed by atoms with Gasteiger partial charge in [0.15, 0.2) is 0 Å². The lowest BCUT2D eigenvalue weighted by Crippen LogP contribution is -2.67. The summed E-state index contributed by atoms with van der Waals surface area (Å²) in [6.07, 6.45) is 5.67. The molecule has 4 fully saturated rings. The fraction of sp³-hybridized carbons (Fsp3) is 0.356. The van der Waals surface area contributed by atoms with Gasteiger partial charge in [-0.25, -0.2) is 14.4 Å². The average molecular weight is 711 g/mol. The number of methoxy groups -OCH3 is 3. The highest BCUT2D eigenvalue weighted by molar-refractivity contribution is 6.83. The number of hydrogen-bond acceptors (Lipinski definition) is 6. The standard InChI is InChI=1S/C45H46O6Si/c1-49-39(46)32-9-17-36(18-10-32)43-25-42(35-15-7-31(8-16-35)23-24-52(4,5)6)26-44(28-43,37-19-11-33(12-20-37)40(47)50-2)30-45(27-42,29-43)38-21-13-34(14-22-38)41(48)51-3/h7-22H,25-30H2,1-6H3. The fourth-order valence-electron chi connectivity index (χ4n) is 10.3. The number of rotatable bonds is 7. The van der Waals surface area contributed by atoms with Crippen molar-refractivity contribution in [3.63, 3.8) is 0 Å². The highest BCUT2D eigenvalue weighted by atomic mass is 28.3. The summed E-state index contributed by atoms with van der Waals surface area (Å²) < 4.78 is 15.1. The Labute approximate surface area is 307 Å². The third kappa shape index (κ3) is 6.17. The molecule has 0 radical (unpaired) electrons. The Bertz CT molecular complexity index is 1890. The minimum atomic E-state index is -1.54. The third-order valence-corrected chi connectivity index (χ3v) is 12.8. The van der Waals surface area contributed by atoms with E-state index in [4.69, 9.17) is 14.2 Å². The molecule has 4 aromatic rings. The molecule has 7 heteroatoms. The number of esters is 3. The predicted octanol–water partition coefficient (Wildman–Crippen LogP) is 8.71. The molecule has 4 aliphatic rings. The fourth-order valence-corrected chi connectivity index (χ4v) is 10.8. The van der Waals surface area contributed by atoms with E-state index < -0.39 is 8.07 Å². The van der Waals surface area contributed by atoms with Crippen LogP contribution in [0.5, 0.6) is 0 Å². The Hall–Kier alpha value is -4.93. The van der Waals surface area contributed by atoms with Gasteiger partial charge in [-0.1, -0.05) is 74.1 Å². The summed E-state index contributed by atoms with van der Waals surface area (Å²) in [5.74, 6) is 2.39. The van der Waals surface area contributed by atoms with Crippen LogP contribution < -0.4 is 0 Å². The highest BCUT2D eigenvalue weighted by Gasteiger charge is 2.69. The van der Waals surface area contributed by atoms with Gasteiger partial charge in [0.25, 0.3) is 0 Å². The van der Waals surface area contributed by atoms with Crippen molar-refractivity contribution >= 4 is 26.0 Å². The Kier molecular flexibility index (Phi) is 8.82. The van der Waals surface area contributed by atoms with Gasteiger partial charge < -0.3 is 14.2 Å². The van der Waals surface area contributed by atoms with Crippen LogP contribution in [0.15, 0.2) is 97.1 Å². The first kappa shape index (κ1) is 35.5. The summed E-state index contributed by atoms with van der Waals surface area (Å²) in [5.41, 5.74) is 10.2. The predicted molar refractivity (Wildman–Crippen MR) is 204 cm³/mol. The molecular formula is C45H46O6Si. The van der Waals surface area contributed by atoms with Crippen molar-refractivity contribution in [3.05, 3.63) is 142 Å². The highest BCUT2D eigenvalue weighted by Crippen LogP contribution is 2.74. The second-order valence-corrected chi connectivity index (χ2v) is 21.2. The minimum absolute atomic E-state index is 0.192. The molecule has 4 aromatic carbocycles. The van der Waals surface area contributed by atoms with Crippen molar-refractivity contribution < 1.29 is 28.6 Å². The third-order valence-electron chi connectivity index (χ3n) is 11.9. The van der Waals surface area contributed by atoms with Crippen LogP contribution in [0.2, 0.25) is 19.6 Å². The molecule has 8 rings (SSSR count). The lowest BCUT2D eigenvalue weighted by molar-refractivity contribution is -0.0692. The van der Waals surface area contributed by atoms with E-state index in [0.29, 0.717) is 16.7 Å². The van der Waals surface area contributed by atoms with E-state index in [1.54, 1.807) is 0 Å². The van der Waals surface area contributed by atoms with E-state index in [1.807, 2.05) is 36.4 Å². The summed E-state index contributed by atoms with van der Waals surface area (Å²) in [4.78, 5) is 37.5. The Morgan fingerprint density at radius 2 is 0.712 bits per heavy atom. The van der Waals surface area contributed by atoms with E-state index in [9.17, 15) is 14.4 Å². The van der Waals surface area contributed by atoms with Gasteiger partial charge in [-0.2, -0.15) is 0 Å².